The minimum atomic E-state index is -4.67. The Morgan fingerprint density at radius 1 is 1.00 bits per heavy atom. The molecule has 34 heavy (non-hydrogen) atoms. The molecule has 0 radical (unpaired) electrons. The Morgan fingerprint density at radius 3 is 2.21 bits per heavy atom. The fourth-order valence-corrected chi connectivity index (χ4v) is 3.09. The molecule has 0 unspecified atom stereocenters. The number of hydrogen-bond donors (Lipinski definition) is 3. The molecular formula is C23H25F3N2O6. The van der Waals surface area contributed by atoms with Crippen molar-refractivity contribution >= 4 is 18.0 Å². The van der Waals surface area contributed by atoms with Gasteiger partial charge < -0.3 is 25.2 Å². The molecule has 0 aliphatic carbocycles. The molecule has 0 spiro atoms. The summed E-state index contributed by atoms with van der Waals surface area (Å²) in [6, 6.07) is 10.2. The van der Waals surface area contributed by atoms with Crippen LogP contribution in [0.15, 0.2) is 54.6 Å². The van der Waals surface area contributed by atoms with E-state index in [-0.39, 0.29) is 12.2 Å². The van der Waals surface area contributed by atoms with E-state index in [1.165, 1.54) is 25.1 Å². The molecule has 3 N–H and O–H groups in total. The van der Waals surface area contributed by atoms with E-state index in [1.807, 2.05) is 0 Å². The van der Waals surface area contributed by atoms with E-state index in [9.17, 15) is 32.7 Å². The van der Waals surface area contributed by atoms with Crippen LogP contribution in [0.5, 0.6) is 0 Å². The maximum Gasteiger partial charge on any atom is 0.416 e. The zero-order valence-corrected chi connectivity index (χ0v) is 18.5. The lowest BCUT2D eigenvalue weighted by atomic mass is 9.99. The normalized spacial score (nSPS) is 13.8. The summed E-state index contributed by atoms with van der Waals surface area (Å²) in [4.78, 5) is 37.0. The van der Waals surface area contributed by atoms with Gasteiger partial charge in [-0.15, -0.1) is 0 Å². The second kappa shape index (κ2) is 12.0. The van der Waals surface area contributed by atoms with Gasteiger partial charge >= 0.3 is 18.2 Å². The van der Waals surface area contributed by atoms with Crippen molar-refractivity contribution in [2.75, 3.05) is 7.11 Å². The van der Waals surface area contributed by atoms with Crippen molar-refractivity contribution in [2.45, 2.75) is 44.3 Å². The minimum Gasteiger partial charge on any atom is -0.467 e. The second-order valence-electron chi connectivity index (χ2n) is 7.37. The number of ether oxygens (including phenoxy) is 2. The first-order chi connectivity index (χ1) is 16.0. The maximum absolute atomic E-state index is 13.3. The van der Waals surface area contributed by atoms with Crippen molar-refractivity contribution in [1.82, 2.24) is 10.6 Å². The maximum atomic E-state index is 13.3. The Hall–Kier alpha value is -3.60. The third-order valence-corrected chi connectivity index (χ3v) is 4.80. The van der Waals surface area contributed by atoms with Crippen molar-refractivity contribution < 1.29 is 42.1 Å². The molecule has 0 aromatic heterocycles. The zero-order valence-electron chi connectivity index (χ0n) is 18.5. The SMILES string of the molecule is COC(=O)[C@H](Cc1ccccc1C(F)(F)F)NC(=O)[C@@H](NC(=O)OCc1ccccc1)[C@@H](C)O. The molecule has 2 amide bonds. The number of aliphatic hydroxyl groups is 1. The second-order valence-corrected chi connectivity index (χ2v) is 7.37. The molecule has 0 aliphatic rings. The Balaban J connectivity index is 2.11. The number of benzene rings is 2. The van der Waals surface area contributed by atoms with Gasteiger partial charge in [-0.05, 0) is 24.1 Å². The van der Waals surface area contributed by atoms with Crippen molar-refractivity contribution in [2.24, 2.45) is 0 Å². The van der Waals surface area contributed by atoms with Gasteiger partial charge in [0.05, 0.1) is 18.8 Å². The van der Waals surface area contributed by atoms with Crippen LogP contribution in [0.3, 0.4) is 0 Å². The summed E-state index contributed by atoms with van der Waals surface area (Å²) in [6.45, 7) is 1.12. The van der Waals surface area contributed by atoms with Gasteiger partial charge in [0.1, 0.15) is 18.7 Å². The number of aliphatic hydroxyl groups excluding tert-OH is 1. The molecule has 2 aromatic rings. The smallest absolute Gasteiger partial charge is 0.416 e. The number of esters is 1. The lowest BCUT2D eigenvalue weighted by Crippen LogP contribution is -2.56. The van der Waals surface area contributed by atoms with Gasteiger partial charge in [0.2, 0.25) is 5.91 Å². The molecule has 184 valence electrons. The van der Waals surface area contributed by atoms with Crippen LogP contribution in [0.1, 0.15) is 23.6 Å². The lowest BCUT2D eigenvalue weighted by Gasteiger charge is -2.24. The molecule has 0 fully saturated rings. The average Bonchev–Trinajstić information content (AvgIpc) is 2.80. The van der Waals surface area contributed by atoms with Crippen LogP contribution in [-0.4, -0.2) is 48.4 Å². The van der Waals surface area contributed by atoms with Gasteiger partial charge in [0.15, 0.2) is 0 Å². The number of hydrogen-bond acceptors (Lipinski definition) is 6. The van der Waals surface area contributed by atoms with Gasteiger partial charge in [0, 0.05) is 6.42 Å². The van der Waals surface area contributed by atoms with Gasteiger partial charge in [-0.25, -0.2) is 9.59 Å². The highest BCUT2D eigenvalue weighted by atomic mass is 19.4. The number of carbonyl (C=O) groups excluding carboxylic acids is 3. The van der Waals surface area contributed by atoms with Gasteiger partial charge in [-0.1, -0.05) is 48.5 Å². The van der Waals surface area contributed by atoms with Crippen molar-refractivity contribution in [3.8, 4) is 0 Å². The van der Waals surface area contributed by atoms with Crippen LogP contribution < -0.4 is 10.6 Å². The molecule has 0 saturated carbocycles. The highest BCUT2D eigenvalue weighted by Gasteiger charge is 2.36. The fourth-order valence-electron chi connectivity index (χ4n) is 3.09. The minimum absolute atomic E-state index is 0.0974. The molecule has 11 heteroatoms. The third-order valence-electron chi connectivity index (χ3n) is 4.80. The predicted octanol–water partition coefficient (Wildman–Crippen LogP) is 2.58. The Kier molecular flexibility index (Phi) is 9.43. The average molecular weight is 482 g/mol. The Morgan fingerprint density at radius 2 is 1.62 bits per heavy atom. The first kappa shape index (κ1) is 26.7. The monoisotopic (exact) mass is 482 g/mol. The van der Waals surface area contributed by atoms with Crippen LogP contribution in [0.2, 0.25) is 0 Å². The summed E-state index contributed by atoms with van der Waals surface area (Å²) in [5.74, 6) is -2.01. The number of amides is 2. The Bertz CT molecular complexity index is 982. The van der Waals surface area contributed by atoms with E-state index in [4.69, 9.17) is 4.74 Å². The highest BCUT2D eigenvalue weighted by Crippen LogP contribution is 2.32. The topological polar surface area (TPSA) is 114 Å². The summed E-state index contributed by atoms with van der Waals surface area (Å²) in [6.07, 6.45) is -7.63. The third kappa shape index (κ3) is 7.77. The van der Waals surface area contributed by atoms with Crippen LogP contribution in [0, 0.1) is 0 Å². The molecule has 0 bridgehead atoms. The molecule has 0 saturated heterocycles. The summed E-state index contributed by atoms with van der Waals surface area (Å²) in [7, 11) is 1.02. The lowest BCUT2D eigenvalue weighted by molar-refractivity contribution is -0.146. The summed E-state index contributed by atoms with van der Waals surface area (Å²) in [5, 5.41) is 14.4. The zero-order chi connectivity index (χ0) is 25.3. The standard InChI is InChI=1S/C23H25F3N2O6/c1-14(29)19(28-22(32)34-13-15-8-4-3-5-9-15)20(30)27-18(21(31)33-2)12-16-10-6-7-11-17(16)23(24,25)26/h3-11,14,18-19,29H,12-13H2,1-2H3,(H,27,30)(H,28,32)/t14-,18+,19+/m1/s1. The van der Waals surface area contributed by atoms with E-state index in [0.717, 1.165) is 13.2 Å². The molecule has 0 heterocycles. The van der Waals surface area contributed by atoms with Gasteiger partial charge in [0.25, 0.3) is 0 Å². The summed E-state index contributed by atoms with van der Waals surface area (Å²) >= 11 is 0. The van der Waals surface area contributed by atoms with E-state index >= 15 is 0 Å². The van der Waals surface area contributed by atoms with Crippen molar-refractivity contribution in [3.63, 3.8) is 0 Å². The molecule has 8 nitrogen and oxygen atoms in total. The van der Waals surface area contributed by atoms with Gasteiger partial charge in [-0.3, -0.25) is 4.79 Å². The van der Waals surface area contributed by atoms with Crippen LogP contribution in [0.25, 0.3) is 0 Å². The van der Waals surface area contributed by atoms with Crippen LogP contribution in [0.4, 0.5) is 18.0 Å². The van der Waals surface area contributed by atoms with E-state index < -0.39 is 54.3 Å². The van der Waals surface area contributed by atoms with E-state index in [2.05, 4.69) is 15.4 Å². The molecule has 0 aliphatic heterocycles. The number of alkyl carbamates (subject to hydrolysis) is 1. The fraction of sp³-hybridized carbons (Fsp3) is 0.348. The highest BCUT2D eigenvalue weighted by molar-refractivity contribution is 5.90. The molecular weight excluding hydrogens is 457 g/mol. The molecule has 2 aromatic carbocycles. The number of rotatable bonds is 9. The first-order valence-corrected chi connectivity index (χ1v) is 10.2. The van der Waals surface area contributed by atoms with Crippen LogP contribution in [-0.2, 0) is 38.3 Å². The van der Waals surface area contributed by atoms with E-state index in [1.54, 1.807) is 30.3 Å². The number of alkyl halides is 3. The van der Waals surface area contributed by atoms with Crippen molar-refractivity contribution in [3.05, 3.63) is 71.3 Å². The quantitative estimate of drug-likeness (QED) is 0.474. The first-order valence-electron chi connectivity index (χ1n) is 10.2. The predicted molar refractivity (Wildman–Crippen MR) is 114 cm³/mol. The van der Waals surface area contributed by atoms with Gasteiger partial charge in [-0.2, -0.15) is 13.2 Å². The number of carbonyl (C=O) groups is 3. The largest absolute Gasteiger partial charge is 0.467 e. The number of halogens is 3. The number of nitrogens with one attached hydrogen (secondary N) is 2. The van der Waals surface area contributed by atoms with Crippen molar-refractivity contribution in [1.29, 1.82) is 0 Å². The molecule has 3 atom stereocenters. The van der Waals surface area contributed by atoms with Crippen LogP contribution >= 0.6 is 0 Å². The Labute approximate surface area is 194 Å². The molecule has 2 rings (SSSR count). The number of methoxy groups -OCH3 is 1. The van der Waals surface area contributed by atoms with E-state index in [0.29, 0.717) is 5.56 Å². The summed E-state index contributed by atoms with van der Waals surface area (Å²) < 4.78 is 49.6. The summed E-state index contributed by atoms with van der Waals surface area (Å²) in [5.41, 5.74) is -0.521.